The highest BCUT2D eigenvalue weighted by atomic mass is 16.5. The Morgan fingerprint density at radius 3 is 2.90 bits per heavy atom. The van der Waals surface area contributed by atoms with Gasteiger partial charge in [-0.2, -0.15) is 0 Å². The standard InChI is InChI=1S/C17H26N2O2/c1-12(2)9-14(11-18)19-17(20)10-16-15-6-4-3-5-13(15)7-8-21-16/h3-6,12,14,16H,7-11,18H2,1-2H3,(H,19,20). The Morgan fingerprint density at radius 2 is 2.19 bits per heavy atom. The number of amides is 1. The summed E-state index contributed by atoms with van der Waals surface area (Å²) in [6, 6.07) is 8.26. The second-order valence-electron chi connectivity index (χ2n) is 6.14. The third kappa shape index (κ3) is 4.55. The van der Waals surface area contributed by atoms with Gasteiger partial charge >= 0.3 is 0 Å². The van der Waals surface area contributed by atoms with E-state index in [1.54, 1.807) is 0 Å². The number of nitrogens with one attached hydrogen (secondary N) is 1. The molecule has 2 unspecified atom stereocenters. The summed E-state index contributed by atoms with van der Waals surface area (Å²) in [5, 5.41) is 3.03. The zero-order valence-electron chi connectivity index (χ0n) is 13.0. The lowest BCUT2D eigenvalue weighted by atomic mass is 9.95. The van der Waals surface area contributed by atoms with Crippen LogP contribution >= 0.6 is 0 Å². The molecule has 4 heteroatoms. The van der Waals surface area contributed by atoms with E-state index in [-0.39, 0.29) is 18.1 Å². The van der Waals surface area contributed by atoms with Gasteiger partial charge in [-0.05, 0) is 29.9 Å². The summed E-state index contributed by atoms with van der Waals surface area (Å²) in [4.78, 5) is 12.2. The number of carbonyl (C=O) groups is 1. The van der Waals surface area contributed by atoms with Crippen LogP contribution in [0.3, 0.4) is 0 Å². The molecule has 1 aliphatic heterocycles. The average Bonchev–Trinajstić information content (AvgIpc) is 2.46. The van der Waals surface area contributed by atoms with E-state index in [4.69, 9.17) is 10.5 Å². The second-order valence-corrected chi connectivity index (χ2v) is 6.14. The van der Waals surface area contributed by atoms with Gasteiger partial charge < -0.3 is 15.8 Å². The predicted octanol–water partition coefficient (Wildman–Crippen LogP) is 2.18. The van der Waals surface area contributed by atoms with Crippen molar-refractivity contribution in [2.45, 2.75) is 45.3 Å². The number of carbonyl (C=O) groups excluding carboxylic acids is 1. The number of fused-ring (bicyclic) bond motifs is 1. The zero-order valence-corrected chi connectivity index (χ0v) is 13.0. The van der Waals surface area contributed by atoms with Crippen molar-refractivity contribution in [3.05, 3.63) is 35.4 Å². The van der Waals surface area contributed by atoms with Crippen LogP contribution in [0.5, 0.6) is 0 Å². The first kappa shape index (κ1) is 16.0. The topological polar surface area (TPSA) is 64.3 Å². The summed E-state index contributed by atoms with van der Waals surface area (Å²) in [5.74, 6) is 0.540. The van der Waals surface area contributed by atoms with E-state index in [1.165, 1.54) is 5.56 Å². The number of nitrogens with two attached hydrogens (primary N) is 1. The van der Waals surface area contributed by atoms with Gasteiger partial charge in [-0.1, -0.05) is 38.1 Å². The maximum absolute atomic E-state index is 12.2. The van der Waals surface area contributed by atoms with E-state index in [1.807, 2.05) is 12.1 Å². The maximum atomic E-state index is 12.2. The number of rotatable bonds is 6. The molecule has 0 aromatic heterocycles. The highest BCUT2D eigenvalue weighted by Crippen LogP contribution is 2.29. The van der Waals surface area contributed by atoms with Crippen LogP contribution in [0.1, 0.15) is 43.9 Å². The molecule has 2 atom stereocenters. The lowest BCUT2D eigenvalue weighted by Crippen LogP contribution is -2.41. The highest BCUT2D eigenvalue weighted by Gasteiger charge is 2.24. The number of hydrogen-bond acceptors (Lipinski definition) is 3. The molecule has 1 aromatic rings. The molecule has 0 bridgehead atoms. The van der Waals surface area contributed by atoms with Crippen LogP contribution in [-0.2, 0) is 16.0 Å². The van der Waals surface area contributed by atoms with Crippen LogP contribution in [0.4, 0.5) is 0 Å². The molecule has 0 spiro atoms. The lowest BCUT2D eigenvalue weighted by molar-refractivity contribution is -0.125. The van der Waals surface area contributed by atoms with Crippen molar-refractivity contribution in [3.63, 3.8) is 0 Å². The van der Waals surface area contributed by atoms with Crippen molar-refractivity contribution in [1.82, 2.24) is 5.32 Å². The fourth-order valence-corrected chi connectivity index (χ4v) is 2.88. The summed E-state index contributed by atoms with van der Waals surface area (Å²) in [6.45, 7) is 5.43. The predicted molar refractivity (Wildman–Crippen MR) is 83.9 cm³/mol. The molecule has 0 saturated heterocycles. The van der Waals surface area contributed by atoms with E-state index in [0.717, 1.165) is 18.4 Å². The van der Waals surface area contributed by atoms with Gasteiger partial charge in [0, 0.05) is 12.6 Å². The molecule has 116 valence electrons. The SMILES string of the molecule is CC(C)CC(CN)NC(=O)CC1OCCc2ccccc21. The number of ether oxygens (including phenoxy) is 1. The van der Waals surface area contributed by atoms with Crippen LogP contribution in [0.15, 0.2) is 24.3 Å². The average molecular weight is 290 g/mol. The van der Waals surface area contributed by atoms with Gasteiger partial charge in [-0.25, -0.2) is 0 Å². The molecule has 0 aliphatic carbocycles. The van der Waals surface area contributed by atoms with Crippen LogP contribution in [-0.4, -0.2) is 25.1 Å². The molecule has 2 rings (SSSR count). The molecule has 0 fully saturated rings. The molecule has 21 heavy (non-hydrogen) atoms. The third-order valence-electron chi connectivity index (χ3n) is 3.87. The van der Waals surface area contributed by atoms with Gasteiger partial charge in [0.25, 0.3) is 0 Å². The van der Waals surface area contributed by atoms with Crippen molar-refractivity contribution < 1.29 is 9.53 Å². The van der Waals surface area contributed by atoms with Gasteiger partial charge in [0.1, 0.15) is 0 Å². The first-order chi connectivity index (χ1) is 10.1. The van der Waals surface area contributed by atoms with Gasteiger partial charge in [0.05, 0.1) is 19.1 Å². The molecule has 1 aromatic carbocycles. The minimum Gasteiger partial charge on any atom is -0.373 e. The van der Waals surface area contributed by atoms with E-state index in [0.29, 0.717) is 25.5 Å². The summed E-state index contributed by atoms with van der Waals surface area (Å²) in [5.41, 5.74) is 8.17. The van der Waals surface area contributed by atoms with Crippen LogP contribution < -0.4 is 11.1 Å². The molecule has 3 N–H and O–H groups in total. The van der Waals surface area contributed by atoms with Crippen molar-refractivity contribution in [1.29, 1.82) is 0 Å². The van der Waals surface area contributed by atoms with Crippen molar-refractivity contribution in [3.8, 4) is 0 Å². The van der Waals surface area contributed by atoms with E-state index >= 15 is 0 Å². The fourth-order valence-electron chi connectivity index (χ4n) is 2.88. The minimum absolute atomic E-state index is 0.0211. The van der Waals surface area contributed by atoms with E-state index in [9.17, 15) is 4.79 Å². The smallest absolute Gasteiger partial charge is 0.223 e. The molecular formula is C17H26N2O2. The first-order valence-electron chi connectivity index (χ1n) is 7.79. The molecule has 1 aliphatic rings. The Balaban J connectivity index is 1.94. The Morgan fingerprint density at radius 1 is 1.43 bits per heavy atom. The van der Waals surface area contributed by atoms with Crippen molar-refractivity contribution in [2.75, 3.05) is 13.2 Å². The quantitative estimate of drug-likeness (QED) is 0.844. The van der Waals surface area contributed by atoms with Crippen molar-refractivity contribution in [2.24, 2.45) is 11.7 Å². The number of benzene rings is 1. The van der Waals surface area contributed by atoms with Crippen molar-refractivity contribution >= 4 is 5.91 Å². The molecule has 0 radical (unpaired) electrons. The van der Waals surface area contributed by atoms with Gasteiger partial charge in [0.15, 0.2) is 0 Å². The van der Waals surface area contributed by atoms with E-state index < -0.39 is 0 Å². The summed E-state index contributed by atoms with van der Waals surface area (Å²) in [7, 11) is 0. The summed E-state index contributed by atoms with van der Waals surface area (Å²) >= 11 is 0. The Kier molecular flexibility index (Phi) is 5.76. The Labute approximate surface area is 127 Å². The van der Waals surface area contributed by atoms with Crippen LogP contribution in [0.25, 0.3) is 0 Å². The first-order valence-corrected chi connectivity index (χ1v) is 7.79. The maximum Gasteiger partial charge on any atom is 0.223 e. The summed E-state index contributed by atoms with van der Waals surface area (Å²) in [6.07, 6.45) is 2.07. The van der Waals surface area contributed by atoms with E-state index in [2.05, 4.69) is 31.3 Å². The normalized spacial score (nSPS) is 19.1. The largest absolute Gasteiger partial charge is 0.373 e. The molecule has 0 saturated carbocycles. The molecule has 1 heterocycles. The lowest BCUT2D eigenvalue weighted by Gasteiger charge is -2.26. The van der Waals surface area contributed by atoms with Gasteiger partial charge in [-0.15, -0.1) is 0 Å². The Hall–Kier alpha value is -1.39. The van der Waals surface area contributed by atoms with Gasteiger partial charge in [-0.3, -0.25) is 4.79 Å². The molecule has 4 nitrogen and oxygen atoms in total. The molecule has 1 amide bonds. The fraction of sp³-hybridized carbons (Fsp3) is 0.588. The Bertz CT molecular complexity index is 474. The van der Waals surface area contributed by atoms with Crippen LogP contribution in [0, 0.1) is 5.92 Å². The van der Waals surface area contributed by atoms with Gasteiger partial charge in [0.2, 0.25) is 5.91 Å². The highest BCUT2D eigenvalue weighted by molar-refractivity contribution is 5.77. The summed E-state index contributed by atoms with van der Waals surface area (Å²) < 4.78 is 5.78. The monoisotopic (exact) mass is 290 g/mol. The van der Waals surface area contributed by atoms with Crippen LogP contribution in [0.2, 0.25) is 0 Å². The minimum atomic E-state index is -0.132. The zero-order chi connectivity index (χ0) is 15.2. The third-order valence-corrected chi connectivity index (χ3v) is 3.87. The molecular weight excluding hydrogens is 264 g/mol. The second kappa shape index (κ2) is 7.57. The number of hydrogen-bond donors (Lipinski definition) is 2.